The van der Waals surface area contributed by atoms with E-state index in [9.17, 15) is 4.39 Å². The monoisotopic (exact) mass is 86.1 g/mol. The number of allylic oxidation sites excluding steroid dienone is 2. The fourth-order valence-electron chi connectivity index (χ4n) is 0.148. The molecule has 0 aliphatic heterocycles. The minimum absolute atomic E-state index is 0.516. The molecule has 0 atom stereocenters. The van der Waals surface area contributed by atoms with Crippen LogP contribution in [0.2, 0.25) is 0 Å². The van der Waals surface area contributed by atoms with E-state index in [-0.39, 0.29) is 0 Å². The smallest absolute Gasteiger partial charge is 0.0830 e. The van der Waals surface area contributed by atoms with E-state index in [0.717, 1.165) is 0 Å². The molecule has 0 bridgehead atoms. The van der Waals surface area contributed by atoms with Crippen LogP contribution in [0.1, 0.15) is 6.42 Å². The molecule has 1 heteroatoms. The summed E-state index contributed by atoms with van der Waals surface area (Å²) in [6.07, 6.45) is 4.17. The van der Waals surface area contributed by atoms with Crippen LogP contribution in [0.4, 0.5) is 4.39 Å². The highest BCUT2D eigenvalue weighted by Crippen LogP contribution is 1.80. The standard InChI is InChI=1S/C5H7F/c1-2-3-4-5-6/h2,4-5H,1,3H2/b5-4+. The van der Waals surface area contributed by atoms with Crippen molar-refractivity contribution >= 4 is 0 Å². The van der Waals surface area contributed by atoms with Crippen LogP contribution in [0.25, 0.3) is 0 Å². The van der Waals surface area contributed by atoms with Crippen LogP contribution in [0, 0.1) is 0 Å². The molecular weight excluding hydrogens is 79.1 g/mol. The van der Waals surface area contributed by atoms with Gasteiger partial charge in [0.15, 0.2) is 0 Å². The zero-order valence-electron chi connectivity index (χ0n) is 3.52. The summed E-state index contributed by atoms with van der Waals surface area (Å²) in [4.78, 5) is 0. The van der Waals surface area contributed by atoms with E-state index < -0.39 is 0 Å². The lowest BCUT2D eigenvalue weighted by Crippen LogP contribution is -1.47. The molecule has 0 nitrogen and oxygen atoms in total. The highest BCUT2D eigenvalue weighted by atomic mass is 19.1. The van der Waals surface area contributed by atoms with Gasteiger partial charge in [0.25, 0.3) is 0 Å². The fourth-order valence-corrected chi connectivity index (χ4v) is 0.148. The number of hydrogen-bond acceptors (Lipinski definition) is 0. The van der Waals surface area contributed by atoms with Crippen molar-refractivity contribution < 1.29 is 4.39 Å². The summed E-state index contributed by atoms with van der Waals surface area (Å²) in [5, 5.41) is 0. The molecule has 0 unspecified atom stereocenters. The summed E-state index contributed by atoms with van der Waals surface area (Å²) in [6.45, 7) is 3.38. The second-order valence-corrected chi connectivity index (χ2v) is 0.886. The Morgan fingerprint density at radius 1 is 1.67 bits per heavy atom. The summed E-state index contributed by atoms with van der Waals surface area (Å²) in [5.41, 5.74) is 0. The Bertz CT molecular complexity index is 55.0. The van der Waals surface area contributed by atoms with Gasteiger partial charge in [-0.1, -0.05) is 12.2 Å². The molecule has 0 aromatic rings. The van der Waals surface area contributed by atoms with Crippen molar-refractivity contribution in [2.24, 2.45) is 0 Å². The van der Waals surface area contributed by atoms with Crippen molar-refractivity contribution in [2.75, 3.05) is 0 Å². The molecule has 0 heterocycles. The van der Waals surface area contributed by atoms with Gasteiger partial charge in [-0.2, -0.15) is 0 Å². The maximum absolute atomic E-state index is 11.0. The lowest BCUT2D eigenvalue weighted by atomic mass is 10.4. The van der Waals surface area contributed by atoms with Gasteiger partial charge in [-0.05, 0) is 6.42 Å². The summed E-state index contributed by atoms with van der Waals surface area (Å²) in [5.74, 6) is 0. The molecule has 0 aliphatic carbocycles. The SMILES string of the molecule is C=CC/C=C/F. The lowest BCUT2D eigenvalue weighted by Gasteiger charge is -1.67. The second kappa shape index (κ2) is 4.41. The predicted octanol–water partition coefficient (Wildman–Crippen LogP) is 2.05. The average Bonchev–Trinajstić information content (AvgIpc) is 1.61. The van der Waals surface area contributed by atoms with Gasteiger partial charge in [0, 0.05) is 0 Å². The van der Waals surface area contributed by atoms with Crippen molar-refractivity contribution in [3.8, 4) is 0 Å². The first-order chi connectivity index (χ1) is 2.91. The third-order valence-corrected chi connectivity index (χ3v) is 0.392. The third kappa shape index (κ3) is 3.41. The zero-order valence-corrected chi connectivity index (χ0v) is 3.52. The maximum Gasteiger partial charge on any atom is 0.0830 e. The Balaban J connectivity index is 2.85. The molecule has 0 spiro atoms. The lowest BCUT2D eigenvalue weighted by molar-refractivity contribution is 0.717. The van der Waals surface area contributed by atoms with Crippen LogP contribution in [-0.2, 0) is 0 Å². The van der Waals surface area contributed by atoms with Gasteiger partial charge in [-0.15, -0.1) is 6.58 Å². The van der Waals surface area contributed by atoms with Crippen LogP contribution >= 0.6 is 0 Å². The van der Waals surface area contributed by atoms with Gasteiger partial charge < -0.3 is 0 Å². The molecule has 0 saturated heterocycles. The minimum Gasteiger partial charge on any atom is -0.216 e. The molecule has 0 saturated carbocycles. The molecule has 34 valence electrons. The average molecular weight is 86.1 g/mol. The van der Waals surface area contributed by atoms with Crippen molar-refractivity contribution in [1.29, 1.82) is 0 Å². The summed E-state index contributed by atoms with van der Waals surface area (Å²) < 4.78 is 11.0. The number of hydrogen-bond donors (Lipinski definition) is 0. The molecular formula is C5H7F. The van der Waals surface area contributed by atoms with Crippen molar-refractivity contribution in [1.82, 2.24) is 0 Å². The maximum atomic E-state index is 11.0. The van der Waals surface area contributed by atoms with Gasteiger partial charge in [-0.3, -0.25) is 0 Å². The second-order valence-electron chi connectivity index (χ2n) is 0.886. The Morgan fingerprint density at radius 2 is 2.33 bits per heavy atom. The van der Waals surface area contributed by atoms with E-state index in [0.29, 0.717) is 12.8 Å². The fraction of sp³-hybridized carbons (Fsp3) is 0.200. The van der Waals surface area contributed by atoms with E-state index in [1.807, 2.05) is 0 Å². The molecule has 0 aromatic carbocycles. The summed E-state index contributed by atoms with van der Waals surface area (Å²) in [6, 6.07) is 0. The van der Waals surface area contributed by atoms with E-state index >= 15 is 0 Å². The summed E-state index contributed by atoms with van der Waals surface area (Å²) in [7, 11) is 0. The van der Waals surface area contributed by atoms with E-state index in [2.05, 4.69) is 6.58 Å². The number of rotatable bonds is 2. The Kier molecular flexibility index (Phi) is 3.98. The third-order valence-electron chi connectivity index (χ3n) is 0.392. The topological polar surface area (TPSA) is 0 Å². The van der Waals surface area contributed by atoms with Crippen LogP contribution in [-0.4, -0.2) is 0 Å². The normalized spacial score (nSPS) is 9.50. The molecule has 0 radical (unpaired) electrons. The largest absolute Gasteiger partial charge is 0.216 e. The highest BCUT2D eigenvalue weighted by Gasteiger charge is 1.60. The first-order valence-corrected chi connectivity index (χ1v) is 1.78. The van der Waals surface area contributed by atoms with Gasteiger partial charge in [0.2, 0.25) is 0 Å². The van der Waals surface area contributed by atoms with Gasteiger partial charge in [-0.25, -0.2) is 4.39 Å². The van der Waals surface area contributed by atoms with Crippen LogP contribution in [0.3, 0.4) is 0 Å². The zero-order chi connectivity index (χ0) is 4.83. The minimum atomic E-state index is 0.516. The van der Waals surface area contributed by atoms with Crippen LogP contribution in [0.15, 0.2) is 25.1 Å². The first-order valence-electron chi connectivity index (χ1n) is 1.78. The van der Waals surface area contributed by atoms with Crippen LogP contribution < -0.4 is 0 Å². The molecule has 0 fully saturated rings. The first kappa shape index (κ1) is 5.41. The number of halogens is 1. The Morgan fingerprint density at radius 3 is 2.50 bits per heavy atom. The van der Waals surface area contributed by atoms with Gasteiger partial charge in [0.1, 0.15) is 0 Å². The molecule has 0 aliphatic rings. The van der Waals surface area contributed by atoms with E-state index in [1.54, 1.807) is 6.08 Å². The van der Waals surface area contributed by atoms with Crippen molar-refractivity contribution in [3.63, 3.8) is 0 Å². The Labute approximate surface area is 37.0 Å². The summed E-state index contributed by atoms with van der Waals surface area (Å²) >= 11 is 0. The highest BCUT2D eigenvalue weighted by molar-refractivity contribution is 4.82. The molecule has 0 amide bonds. The molecule has 0 N–H and O–H groups in total. The predicted molar refractivity (Wildman–Crippen MR) is 25.1 cm³/mol. The van der Waals surface area contributed by atoms with E-state index in [4.69, 9.17) is 0 Å². The molecule has 6 heavy (non-hydrogen) atoms. The van der Waals surface area contributed by atoms with Gasteiger partial charge >= 0.3 is 0 Å². The van der Waals surface area contributed by atoms with Crippen molar-refractivity contribution in [2.45, 2.75) is 6.42 Å². The quantitative estimate of drug-likeness (QED) is 0.451. The Hall–Kier alpha value is -0.590. The van der Waals surface area contributed by atoms with Gasteiger partial charge in [0.05, 0.1) is 6.33 Å². The molecule has 0 aromatic heterocycles. The van der Waals surface area contributed by atoms with Crippen LogP contribution in [0.5, 0.6) is 0 Å². The van der Waals surface area contributed by atoms with E-state index in [1.165, 1.54) is 6.08 Å². The molecule has 0 rings (SSSR count). The van der Waals surface area contributed by atoms with Crippen molar-refractivity contribution in [3.05, 3.63) is 25.1 Å².